The maximum atomic E-state index is 12.7. The normalized spacial score (nSPS) is 11.2. The predicted molar refractivity (Wildman–Crippen MR) is 132 cm³/mol. The van der Waals surface area contributed by atoms with Gasteiger partial charge < -0.3 is 4.42 Å². The van der Waals surface area contributed by atoms with Crippen molar-refractivity contribution < 1.29 is 9.21 Å². The highest BCUT2D eigenvalue weighted by atomic mass is 16.4. The van der Waals surface area contributed by atoms with Gasteiger partial charge >= 0.3 is 0 Å². The molecule has 0 aliphatic carbocycles. The number of carbonyl (C=O) groups excluding carboxylic acids is 1. The number of aryl methyl sites for hydroxylation is 1. The van der Waals surface area contributed by atoms with Crippen molar-refractivity contribution in [2.45, 2.75) is 46.6 Å². The number of oxazole rings is 1. The molecule has 0 spiro atoms. The largest absolute Gasteiger partial charge is 0.441 e. The fraction of sp³-hybridized carbons (Fsp3) is 0.308. The van der Waals surface area contributed by atoms with E-state index < -0.39 is 0 Å². The van der Waals surface area contributed by atoms with E-state index in [1.807, 2.05) is 25.1 Å². The Labute approximate surface area is 198 Å². The van der Waals surface area contributed by atoms with E-state index in [1.54, 1.807) is 24.4 Å². The van der Waals surface area contributed by atoms with Gasteiger partial charge in [0.25, 0.3) is 5.56 Å². The zero-order chi connectivity index (χ0) is 24.1. The van der Waals surface area contributed by atoms with E-state index in [0.717, 1.165) is 12.0 Å². The summed E-state index contributed by atoms with van der Waals surface area (Å²) in [6.07, 6.45) is 3.24. The third-order valence-electron chi connectivity index (χ3n) is 5.49. The lowest BCUT2D eigenvalue weighted by atomic mass is 10.0. The Morgan fingerprint density at radius 1 is 1.12 bits per heavy atom. The van der Waals surface area contributed by atoms with Crippen LogP contribution in [0.4, 0.5) is 5.95 Å². The summed E-state index contributed by atoms with van der Waals surface area (Å²) < 4.78 is 7.32. The number of carbonyl (C=O) groups is 1. The van der Waals surface area contributed by atoms with Gasteiger partial charge in [-0.05, 0) is 37.0 Å². The Morgan fingerprint density at radius 3 is 2.62 bits per heavy atom. The van der Waals surface area contributed by atoms with Crippen molar-refractivity contribution in [3.63, 3.8) is 0 Å². The summed E-state index contributed by atoms with van der Waals surface area (Å²) in [5.41, 5.74) is 8.05. The molecule has 0 aliphatic heterocycles. The van der Waals surface area contributed by atoms with Gasteiger partial charge in [-0.2, -0.15) is 0 Å². The third-order valence-corrected chi connectivity index (χ3v) is 5.49. The first-order valence-corrected chi connectivity index (χ1v) is 11.5. The molecule has 0 unspecified atom stereocenters. The van der Waals surface area contributed by atoms with E-state index in [0.29, 0.717) is 47.4 Å². The molecule has 0 atom stereocenters. The maximum absolute atomic E-state index is 12.7. The number of rotatable bonds is 9. The van der Waals surface area contributed by atoms with Crippen LogP contribution >= 0.6 is 0 Å². The lowest BCUT2D eigenvalue weighted by molar-refractivity contribution is -0.120. The average molecular weight is 460 g/mol. The molecule has 0 fully saturated rings. The van der Waals surface area contributed by atoms with Gasteiger partial charge in [0.2, 0.25) is 11.9 Å². The molecule has 4 aromatic rings. The van der Waals surface area contributed by atoms with Crippen LogP contribution in [0.5, 0.6) is 0 Å². The van der Waals surface area contributed by atoms with E-state index in [2.05, 4.69) is 46.8 Å². The van der Waals surface area contributed by atoms with Crippen molar-refractivity contribution in [2.24, 2.45) is 5.92 Å². The van der Waals surface area contributed by atoms with Gasteiger partial charge in [0.15, 0.2) is 11.7 Å². The second-order valence-electron chi connectivity index (χ2n) is 8.59. The number of anilines is 1. The fourth-order valence-electron chi connectivity index (χ4n) is 3.80. The zero-order valence-corrected chi connectivity index (χ0v) is 19.7. The lowest BCUT2D eigenvalue weighted by Gasteiger charge is -2.13. The van der Waals surface area contributed by atoms with Crippen LogP contribution in [-0.2, 0) is 24.2 Å². The van der Waals surface area contributed by atoms with Crippen LogP contribution in [0.3, 0.4) is 0 Å². The van der Waals surface area contributed by atoms with Gasteiger partial charge in [0.1, 0.15) is 0 Å². The Bertz CT molecular complexity index is 1340. The molecule has 0 bridgehead atoms. The summed E-state index contributed by atoms with van der Waals surface area (Å²) in [7, 11) is 0. The van der Waals surface area contributed by atoms with Crippen molar-refractivity contribution in [3.05, 3.63) is 76.5 Å². The number of aromatic nitrogens is 3. The molecule has 2 N–H and O–H groups in total. The molecule has 0 radical (unpaired) electrons. The molecule has 0 aliphatic rings. The average Bonchev–Trinajstić information content (AvgIpc) is 3.31. The minimum absolute atomic E-state index is 0.158. The molecular formula is C26H29N5O3. The van der Waals surface area contributed by atoms with Crippen molar-refractivity contribution >= 4 is 22.8 Å². The minimum atomic E-state index is -0.261. The Morgan fingerprint density at radius 2 is 1.88 bits per heavy atom. The molecule has 176 valence electrons. The highest BCUT2D eigenvalue weighted by molar-refractivity contribution is 5.80. The summed E-state index contributed by atoms with van der Waals surface area (Å²) in [6, 6.07) is 15.4. The topological polar surface area (TPSA) is 102 Å². The molecule has 0 saturated carbocycles. The number of nitrogens with zero attached hydrogens (tertiary/aromatic N) is 3. The highest BCUT2D eigenvalue weighted by Gasteiger charge is 2.12. The van der Waals surface area contributed by atoms with Crippen LogP contribution in [0.1, 0.15) is 38.6 Å². The highest BCUT2D eigenvalue weighted by Crippen LogP contribution is 2.22. The number of fused-ring (bicyclic) bond motifs is 1. The first-order valence-electron chi connectivity index (χ1n) is 11.5. The van der Waals surface area contributed by atoms with Crippen LogP contribution in [0.15, 0.2) is 63.9 Å². The number of hydrazine groups is 1. The van der Waals surface area contributed by atoms with Crippen molar-refractivity contribution in [3.8, 4) is 11.3 Å². The van der Waals surface area contributed by atoms with E-state index in [9.17, 15) is 9.59 Å². The van der Waals surface area contributed by atoms with Gasteiger partial charge in [-0.1, -0.05) is 50.2 Å². The Kier molecular flexibility index (Phi) is 7.06. The smallest absolute Gasteiger partial charge is 0.262 e. The van der Waals surface area contributed by atoms with Gasteiger partial charge in [-0.3, -0.25) is 25.0 Å². The molecule has 4 rings (SSSR count). The van der Waals surface area contributed by atoms with E-state index >= 15 is 0 Å². The fourth-order valence-corrected chi connectivity index (χ4v) is 3.80. The van der Waals surface area contributed by atoms with Gasteiger partial charge in [-0.15, -0.1) is 0 Å². The summed E-state index contributed by atoms with van der Waals surface area (Å²) in [4.78, 5) is 33.8. The van der Waals surface area contributed by atoms with Gasteiger partial charge in [-0.25, -0.2) is 9.97 Å². The quantitative estimate of drug-likeness (QED) is 0.361. The second-order valence-corrected chi connectivity index (χ2v) is 8.59. The predicted octanol–water partition coefficient (Wildman–Crippen LogP) is 4.35. The number of benzene rings is 2. The van der Waals surface area contributed by atoms with E-state index in [1.165, 1.54) is 10.1 Å². The summed E-state index contributed by atoms with van der Waals surface area (Å²) in [6.45, 7) is 6.67. The number of hydrogen-bond donors (Lipinski definition) is 2. The Balaban J connectivity index is 1.35. The van der Waals surface area contributed by atoms with Crippen LogP contribution in [-0.4, -0.2) is 20.4 Å². The minimum Gasteiger partial charge on any atom is -0.441 e. The van der Waals surface area contributed by atoms with Crippen LogP contribution in [0, 0.1) is 5.92 Å². The number of nitrogens with one attached hydrogen (secondary N) is 2. The van der Waals surface area contributed by atoms with E-state index in [-0.39, 0.29) is 17.9 Å². The number of amides is 1. The monoisotopic (exact) mass is 459 g/mol. The Hall–Kier alpha value is -3.94. The zero-order valence-electron chi connectivity index (χ0n) is 19.7. The summed E-state index contributed by atoms with van der Waals surface area (Å²) >= 11 is 0. The SMILES string of the molecule is CCn1c(NNC(=O)CCc2ncc(-c3ccc(CC(C)C)cc3)o2)nc2ccccc2c1=O. The van der Waals surface area contributed by atoms with Gasteiger partial charge in [0.05, 0.1) is 17.1 Å². The van der Waals surface area contributed by atoms with E-state index in [4.69, 9.17) is 4.42 Å². The van der Waals surface area contributed by atoms with Crippen molar-refractivity contribution in [2.75, 3.05) is 5.43 Å². The summed E-state index contributed by atoms with van der Waals surface area (Å²) in [5.74, 6) is 1.80. The third kappa shape index (κ3) is 5.33. The van der Waals surface area contributed by atoms with Crippen LogP contribution in [0.2, 0.25) is 0 Å². The molecular weight excluding hydrogens is 430 g/mol. The van der Waals surface area contributed by atoms with Crippen LogP contribution < -0.4 is 16.4 Å². The molecule has 8 heteroatoms. The molecule has 2 aromatic carbocycles. The lowest BCUT2D eigenvalue weighted by Crippen LogP contribution is -2.34. The maximum Gasteiger partial charge on any atom is 0.262 e. The van der Waals surface area contributed by atoms with Gasteiger partial charge in [0, 0.05) is 24.9 Å². The molecule has 0 saturated heterocycles. The molecule has 34 heavy (non-hydrogen) atoms. The van der Waals surface area contributed by atoms with Crippen LogP contribution in [0.25, 0.3) is 22.2 Å². The van der Waals surface area contributed by atoms with Crippen molar-refractivity contribution in [1.29, 1.82) is 0 Å². The summed E-state index contributed by atoms with van der Waals surface area (Å²) in [5, 5.41) is 0.537. The number of hydrogen-bond acceptors (Lipinski definition) is 6. The first-order chi connectivity index (χ1) is 16.4. The molecule has 1 amide bonds. The van der Waals surface area contributed by atoms with Crippen molar-refractivity contribution in [1.82, 2.24) is 20.0 Å². The molecule has 2 aromatic heterocycles. The molecule has 8 nitrogen and oxygen atoms in total. The first kappa shape index (κ1) is 23.2. The standard InChI is InChI=1S/C26H29N5O3/c1-4-31-25(33)20-7-5-6-8-21(20)28-26(31)30-29-23(32)13-14-24-27-16-22(34-24)19-11-9-18(10-12-19)15-17(2)3/h5-12,16-17H,4,13-15H2,1-3H3,(H,28,30)(H,29,32). The number of para-hydroxylation sites is 1. The molecule has 2 heterocycles. The second kappa shape index (κ2) is 10.3.